The lowest BCUT2D eigenvalue weighted by molar-refractivity contribution is 0.120. The second kappa shape index (κ2) is 14.1. The Morgan fingerprint density at radius 2 is 1.83 bits per heavy atom. The van der Waals surface area contributed by atoms with Crippen LogP contribution >= 0.6 is 24.0 Å². The van der Waals surface area contributed by atoms with E-state index in [1.54, 1.807) is 0 Å². The predicted molar refractivity (Wildman–Crippen MR) is 138 cm³/mol. The SMILES string of the molecule is CN=C(NCc1ccc(C)cc1OCCC(C)C)NCC(C)N1CCN(C)CC1.I. The molecule has 1 aromatic carbocycles. The molecule has 172 valence electrons. The van der Waals surface area contributed by atoms with Gasteiger partial charge in [0.25, 0.3) is 0 Å². The topological polar surface area (TPSA) is 52.1 Å². The van der Waals surface area contributed by atoms with Crippen LogP contribution in [0.4, 0.5) is 0 Å². The molecule has 1 aliphatic rings. The summed E-state index contributed by atoms with van der Waals surface area (Å²) in [4.78, 5) is 9.32. The second-order valence-electron chi connectivity index (χ2n) is 8.64. The zero-order valence-corrected chi connectivity index (χ0v) is 22.0. The Morgan fingerprint density at radius 3 is 2.47 bits per heavy atom. The quantitative estimate of drug-likeness (QED) is 0.291. The van der Waals surface area contributed by atoms with Gasteiger partial charge in [0.15, 0.2) is 5.96 Å². The van der Waals surface area contributed by atoms with Crippen molar-refractivity contribution in [3.63, 3.8) is 0 Å². The van der Waals surface area contributed by atoms with Crippen molar-refractivity contribution < 1.29 is 4.74 Å². The Labute approximate surface area is 200 Å². The zero-order valence-electron chi connectivity index (χ0n) is 19.7. The summed E-state index contributed by atoms with van der Waals surface area (Å²) >= 11 is 0. The first-order chi connectivity index (χ1) is 13.9. The van der Waals surface area contributed by atoms with Gasteiger partial charge in [-0.05, 0) is 44.9 Å². The van der Waals surface area contributed by atoms with Crippen molar-refractivity contribution in [3.8, 4) is 5.75 Å². The van der Waals surface area contributed by atoms with Gasteiger partial charge in [-0.1, -0.05) is 26.0 Å². The lowest BCUT2D eigenvalue weighted by Gasteiger charge is -2.36. The van der Waals surface area contributed by atoms with Crippen LogP contribution in [0.3, 0.4) is 0 Å². The molecule has 2 rings (SSSR count). The number of piperazine rings is 1. The van der Waals surface area contributed by atoms with E-state index in [2.05, 4.69) is 78.4 Å². The molecule has 0 aliphatic carbocycles. The third kappa shape index (κ3) is 9.39. The highest BCUT2D eigenvalue weighted by molar-refractivity contribution is 14.0. The van der Waals surface area contributed by atoms with E-state index >= 15 is 0 Å². The molecule has 6 nitrogen and oxygen atoms in total. The fourth-order valence-corrected chi connectivity index (χ4v) is 3.38. The molecule has 1 unspecified atom stereocenters. The number of aryl methyl sites for hydroxylation is 1. The number of aliphatic imine (C=N–C) groups is 1. The molecule has 0 aromatic heterocycles. The van der Waals surface area contributed by atoms with Crippen LogP contribution in [0.15, 0.2) is 23.2 Å². The first-order valence-corrected chi connectivity index (χ1v) is 11.0. The fourth-order valence-electron chi connectivity index (χ4n) is 3.38. The minimum absolute atomic E-state index is 0. The van der Waals surface area contributed by atoms with Gasteiger partial charge in [-0.3, -0.25) is 9.89 Å². The standard InChI is InChI=1S/C23H41N5O.HI/c1-18(2)9-14-29-22-15-19(3)7-8-21(22)17-26-23(24-5)25-16-20(4)28-12-10-27(6)11-13-28;/h7-8,15,18,20H,9-14,16-17H2,1-6H3,(H2,24,25,26);1H. The maximum absolute atomic E-state index is 6.07. The van der Waals surface area contributed by atoms with Crippen LogP contribution in [0.1, 0.15) is 38.3 Å². The summed E-state index contributed by atoms with van der Waals surface area (Å²) in [6.45, 7) is 15.7. The van der Waals surface area contributed by atoms with Gasteiger partial charge in [-0.2, -0.15) is 0 Å². The monoisotopic (exact) mass is 531 g/mol. The van der Waals surface area contributed by atoms with Crippen molar-refractivity contribution >= 4 is 29.9 Å². The van der Waals surface area contributed by atoms with Crippen molar-refractivity contribution in [1.29, 1.82) is 0 Å². The number of benzene rings is 1. The molecule has 1 fully saturated rings. The van der Waals surface area contributed by atoms with Crippen LogP contribution < -0.4 is 15.4 Å². The normalized spacial score (nSPS) is 16.8. The van der Waals surface area contributed by atoms with Crippen molar-refractivity contribution in [1.82, 2.24) is 20.4 Å². The minimum atomic E-state index is 0. The average molecular weight is 532 g/mol. The van der Waals surface area contributed by atoms with E-state index in [9.17, 15) is 0 Å². The van der Waals surface area contributed by atoms with Gasteiger partial charge in [0.05, 0.1) is 6.61 Å². The predicted octanol–water partition coefficient (Wildman–Crippen LogP) is 3.34. The molecular formula is C23H42IN5O. The number of rotatable bonds is 9. The lowest BCUT2D eigenvalue weighted by Crippen LogP contribution is -2.52. The molecule has 0 radical (unpaired) electrons. The molecule has 0 spiro atoms. The van der Waals surface area contributed by atoms with Gasteiger partial charge < -0.3 is 20.3 Å². The van der Waals surface area contributed by atoms with E-state index in [0.29, 0.717) is 18.5 Å². The van der Waals surface area contributed by atoms with Crippen molar-refractivity contribution in [2.45, 2.75) is 46.7 Å². The smallest absolute Gasteiger partial charge is 0.191 e. The Kier molecular flexibility index (Phi) is 12.7. The van der Waals surface area contributed by atoms with Crippen LogP contribution in [0, 0.1) is 12.8 Å². The van der Waals surface area contributed by atoms with Crippen LogP contribution in [0.2, 0.25) is 0 Å². The highest BCUT2D eigenvalue weighted by Gasteiger charge is 2.19. The summed E-state index contributed by atoms with van der Waals surface area (Å²) in [7, 11) is 4.02. The summed E-state index contributed by atoms with van der Waals surface area (Å²) in [5.41, 5.74) is 2.38. The van der Waals surface area contributed by atoms with Gasteiger partial charge in [-0.15, -0.1) is 24.0 Å². The maximum atomic E-state index is 6.07. The van der Waals surface area contributed by atoms with Gasteiger partial charge in [0.1, 0.15) is 5.75 Å². The third-order valence-electron chi connectivity index (χ3n) is 5.57. The van der Waals surface area contributed by atoms with Crippen LogP contribution in [0.25, 0.3) is 0 Å². The Morgan fingerprint density at radius 1 is 1.13 bits per heavy atom. The molecule has 0 bridgehead atoms. The maximum Gasteiger partial charge on any atom is 0.191 e. The Bertz CT molecular complexity index is 644. The number of likely N-dealkylation sites (N-methyl/N-ethyl adjacent to an activating group) is 1. The van der Waals surface area contributed by atoms with E-state index in [-0.39, 0.29) is 24.0 Å². The molecule has 30 heavy (non-hydrogen) atoms. The van der Waals surface area contributed by atoms with Gasteiger partial charge in [0.2, 0.25) is 0 Å². The number of halogens is 1. The van der Waals surface area contributed by atoms with Gasteiger partial charge in [-0.25, -0.2) is 0 Å². The molecule has 1 heterocycles. The van der Waals surface area contributed by atoms with E-state index < -0.39 is 0 Å². The highest BCUT2D eigenvalue weighted by Crippen LogP contribution is 2.21. The average Bonchev–Trinajstić information content (AvgIpc) is 2.69. The molecule has 7 heteroatoms. The molecule has 0 saturated carbocycles. The van der Waals surface area contributed by atoms with Crippen molar-refractivity contribution in [3.05, 3.63) is 29.3 Å². The van der Waals surface area contributed by atoms with E-state index in [1.165, 1.54) is 5.56 Å². The molecular weight excluding hydrogens is 489 g/mol. The number of nitrogens with zero attached hydrogens (tertiary/aromatic N) is 3. The van der Waals surface area contributed by atoms with Crippen molar-refractivity contribution in [2.75, 3.05) is 53.4 Å². The summed E-state index contributed by atoms with van der Waals surface area (Å²) in [5.74, 6) is 2.45. The minimum Gasteiger partial charge on any atom is -0.493 e. The number of hydrogen-bond donors (Lipinski definition) is 2. The molecule has 2 N–H and O–H groups in total. The van der Waals surface area contributed by atoms with Gasteiger partial charge in [0, 0.05) is 57.9 Å². The molecule has 1 aromatic rings. The Balaban J connectivity index is 0.00000450. The second-order valence-corrected chi connectivity index (χ2v) is 8.64. The van der Waals surface area contributed by atoms with E-state index in [4.69, 9.17) is 4.74 Å². The Hall–Kier alpha value is -1.06. The number of nitrogens with one attached hydrogen (secondary N) is 2. The number of ether oxygens (including phenoxy) is 1. The number of hydrogen-bond acceptors (Lipinski definition) is 4. The van der Waals surface area contributed by atoms with Crippen LogP contribution in [-0.4, -0.2) is 75.2 Å². The molecule has 1 saturated heterocycles. The molecule has 1 atom stereocenters. The largest absolute Gasteiger partial charge is 0.493 e. The van der Waals surface area contributed by atoms with E-state index in [0.717, 1.165) is 63.0 Å². The third-order valence-corrected chi connectivity index (χ3v) is 5.57. The fraction of sp³-hybridized carbons (Fsp3) is 0.696. The molecule has 0 amide bonds. The van der Waals surface area contributed by atoms with E-state index in [1.807, 2.05) is 7.05 Å². The summed E-state index contributed by atoms with van der Waals surface area (Å²) in [6, 6.07) is 6.89. The zero-order chi connectivity index (χ0) is 21.2. The first kappa shape index (κ1) is 27.0. The van der Waals surface area contributed by atoms with Crippen LogP contribution in [0.5, 0.6) is 5.75 Å². The summed E-state index contributed by atoms with van der Waals surface area (Å²) < 4.78 is 6.07. The summed E-state index contributed by atoms with van der Waals surface area (Å²) in [5, 5.41) is 6.92. The molecule has 1 aliphatic heterocycles. The highest BCUT2D eigenvalue weighted by atomic mass is 127. The lowest BCUT2D eigenvalue weighted by atomic mass is 10.1. The van der Waals surface area contributed by atoms with Crippen LogP contribution in [-0.2, 0) is 6.54 Å². The van der Waals surface area contributed by atoms with Gasteiger partial charge >= 0.3 is 0 Å². The van der Waals surface area contributed by atoms with Crippen molar-refractivity contribution in [2.24, 2.45) is 10.9 Å². The number of guanidine groups is 1. The first-order valence-electron chi connectivity index (χ1n) is 11.0. The summed E-state index contributed by atoms with van der Waals surface area (Å²) in [6.07, 6.45) is 1.06.